The molecule has 0 unspecified atom stereocenters. The highest BCUT2D eigenvalue weighted by atomic mass is 16.5. The molecule has 0 bridgehead atoms. The molecule has 0 N–H and O–H groups in total. The van der Waals surface area contributed by atoms with Crippen LogP contribution in [-0.2, 0) is 4.74 Å². The van der Waals surface area contributed by atoms with Crippen LogP contribution in [0.15, 0.2) is 24.3 Å². The van der Waals surface area contributed by atoms with E-state index in [2.05, 4.69) is 30.9 Å². The van der Waals surface area contributed by atoms with E-state index in [0.29, 0.717) is 11.5 Å². The lowest BCUT2D eigenvalue weighted by molar-refractivity contribution is 0.0600. The van der Waals surface area contributed by atoms with Crippen LogP contribution in [0.25, 0.3) is 0 Å². The molecule has 109 valence electrons. The molecule has 1 radical (unpaired) electrons. The molecule has 0 aliphatic carbocycles. The van der Waals surface area contributed by atoms with Gasteiger partial charge >= 0.3 is 5.97 Å². The van der Waals surface area contributed by atoms with E-state index >= 15 is 0 Å². The fourth-order valence-electron chi connectivity index (χ4n) is 2.88. The van der Waals surface area contributed by atoms with Crippen molar-refractivity contribution >= 4 is 5.97 Å². The largest absolute Gasteiger partial charge is 0.465 e. The van der Waals surface area contributed by atoms with E-state index in [0.717, 1.165) is 19.6 Å². The Morgan fingerprint density at radius 3 is 2.30 bits per heavy atom. The fourth-order valence-corrected chi connectivity index (χ4v) is 2.88. The van der Waals surface area contributed by atoms with E-state index in [4.69, 9.17) is 4.74 Å². The van der Waals surface area contributed by atoms with Gasteiger partial charge in [0.2, 0.25) is 0 Å². The predicted octanol–water partition coefficient (Wildman–Crippen LogP) is 3.27. The summed E-state index contributed by atoms with van der Waals surface area (Å²) in [4.78, 5) is 13.9. The Morgan fingerprint density at radius 1 is 1.20 bits per heavy atom. The number of hydrogen-bond acceptors (Lipinski definition) is 3. The lowest BCUT2D eigenvalue weighted by Gasteiger charge is -2.33. The summed E-state index contributed by atoms with van der Waals surface area (Å²) >= 11 is 0. The van der Waals surface area contributed by atoms with Crippen LogP contribution >= 0.6 is 0 Å². The normalized spacial score (nSPS) is 17.4. The molecule has 1 aromatic carbocycles. The molecule has 1 aliphatic rings. The van der Waals surface area contributed by atoms with Crippen molar-refractivity contribution in [1.82, 2.24) is 4.90 Å². The molecule has 3 nitrogen and oxygen atoms in total. The van der Waals surface area contributed by atoms with Gasteiger partial charge in [-0.3, -0.25) is 0 Å². The first-order chi connectivity index (χ1) is 9.60. The lowest BCUT2D eigenvalue weighted by Crippen LogP contribution is -2.35. The number of nitrogens with zero attached hydrogens (tertiary/aromatic N) is 1. The molecule has 1 fully saturated rings. The van der Waals surface area contributed by atoms with Gasteiger partial charge in [-0.2, -0.15) is 0 Å². The van der Waals surface area contributed by atoms with Gasteiger partial charge in [0.15, 0.2) is 0 Å². The van der Waals surface area contributed by atoms with Crippen molar-refractivity contribution < 1.29 is 9.53 Å². The van der Waals surface area contributed by atoms with Gasteiger partial charge in [-0.25, -0.2) is 4.79 Å². The van der Waals surface area contributed by atoms with E-state index in [1.54, 1.807) is 0 Å². The summed E-state index contributed by atoms with van der Waals surface area (Å²) in [6, 6.07) is 7.89. The smallest absolute Gasteiger partial charge is 0.337 e. The Kier molecular flexibility index (Phi) is 5.18. The zero-order chi connectivity index (χ0) is 14.5. The van der Waals surface area contributed by atoms with Gasteiger partial charge in [0.1, 0.15) is 0 Å². The third-order valence-corrected chi connectivity index (χ3v) is 3.93. The predicted molar refractivity (Wildman–Crippen MR) is 80.8 cm³/mol. The van der Waals surface area contributed by atoms with Gasteiger partial charge in [0.25, 0.3) is 0 Å². The van der Waals surface area contributed by atoms with Gasteiger partial charge in [-0.15, -0.1) is 0 Å². The van der Waals surface area contributed by atoms with E-state index < -0.39 is 0 Å². The van der Waals surface area contributed by atoms with Crippen molar-refractivity contribution in [1.29, 1.82) is 0 Å². The van der Waals surface area contributed by atoms with Crippen molar-refractivity contribution in [3.8, 4) is 0 Å². The molecule has 2 rings (SSSR count). The number of benzene rings is 1. The average Bonchev–Trinajstić information content (AvgIpc) is 2.47. The Labute approximate surface area is 121 Å². The first kappa shape index (κ1) is 15.0. The first-order valence-electron chi connectivity index (χ1n) is 7.30. The molecule has 1 aromatic rings. The standard InChI is InChI=1S/C17H24NO2/c1-13(2)12-18-10-8-15(9-11-18)14-4-6-16(7-5-14)17(19)20-3/h4-7,15H,8-12H2,1-3H3. The van der Waals surface area contributed by atoms with Crippen LogP contribution in [0.2, 0.25) is 0 Å². The van der Waals surface area contributed by atoms with E-state index in [1.165, 1.54) is 31.4 Å². The van der Waals surface area contributed by atoms with E-state index in [-0.39, 0.29) is 5.97 Å². The van der Waals surface area contributed by atoms with Crippen LogP contribution in [0.4, 0.5) is 0 Å². The molecule has 0 aromatic heterocycles. The second-order valence-electron chi connectivity index (χ2n) is 5.87. The van der Waals surface area contributed by atoms with Crippen LogP contribution in [0.3, 0.4) is 0 Å². The number of ether oxygens (including phenoxy) is 1. The number of rotatable bonds is 4. The minimum absolute atomic E-state index is 0.264. The zero-order valence-corrected chi connectivity index (χ0v) is 12.7. The van der Waals surface area contributed by atoms with Gasteiger partial charge in [-0.1, -0.05) is 26.0 Å². The molecule has 3 heteroatoms. The molecular formula is C17H24NO2. The number of carbonyl (C=O) groups is 1. The molecular weight excluding hydrogens is 250 g/mol. The summed E-state index contributed by atoms with van der Waals surface area (Å²) in [7, 11) is 1.42. The maximum Gasteiger partial charge on any atom is 0.337 e. The third kappa shape index (κ3) is 3.83. The van der Waals surface area contributed by atoms with Crippen LogP contribution < -0.4 is 0 Å². The summed E-state index contributed by atoms with van der Waals surface area (Å²) in [5, 5.41) is 0. The molecule has 0 atom stereocenters. The maximum absolute atomic E-state index is 11.4. The molecule has 0 spiro atoms. The van der Waals surface area contributed by atoms with Crippen LogP contribution in [0.5, 0.6) is 0 Å². The monoisotopic (exact) mass is 274 g/mol. The van der Waals surface area contributed by atoms with Gasteiger partial charge in [0, 0.05) is 6.54 Å². The minimum Gasteiger partial charge on any atom is -0.465 e. The van der Waals surface area contributed by atoms with Crippen LogP contribution in [0, 0.1) is 5.92 Å². The number of esters is 1. The summed E-state index contributed by atoms with van der Waals surface area (Å²) in [6.45, 7) is 7.83. The highest BCUT2D eigenvalue weighted by Crippen LogP contribution is 2.28. The van der Waals surface area contributed by atoms with Crippen LogP contribution in [-0.4, -0.2) is 37.6 Å². The van der Waals surface area contributed by atoms with E-state index in [1.807, 2.05) is 12.1 Å². The molecule has 20 heavy (non-hydrogen) atoms. The molecule has 0 amide bonds. The SMILES string of the molecule is COC(=O)c1ccc(C2CCN(C[C](C)C)CC2)cc1. The van der Waals surface area contributed by atoms with Gasteiger partial charge in [-0.05, 0) is 55.5 Å². The van der Waals surface area contributed by atoms with Crippen molar-refractivity contribution in [3.63, 3.8) is 0 Å². The maximum atomic E-state index is 11.4. The first-order valence-corrected chi connectivity index (χ1v) is 7.30. The van der Waals surface area contributed by atoms with Crippen molar-refractivity contribution in [3.05, 3.63) is 41.3 Å². The summed E-state index contributed by atoms with van der Waals surface area (Å²) < 4.78 is 4.72. The Balaban J connectivity index is 1.92. The molecule has 1 aliphatic heterocycles. The highest BCUT2D eigenvalue weighted by Gasteiger charge is 2.21. The quantitative estimate of drug-likeness (QED) is 0.789. The van der Waals surface area contributed by atoms with Gasteiger partial charge < -0.3 is 9.64 Å². The van der Waals surface area contributed by atoms with Crippen LogP contribution in [0.1, 0.15) is 48.5 Å². The number of likely N-dealkylation sites (tertiary alicyclic amines) is 1. The number of carbonyl (C=O) groups excluding carboxylic acids is 1. The Morgan fingerprint density at radius 2 is 1.80 bits per heavy atom. The molecule has 0 saturated carbocycles. The number of piperidine rings is 1. The summed E-state index contributed by atoms with van der Waals surface area (Å²) in [5.41, 5.74) is 1.97. The zero-order valence-electron chi connectivity index (χ0n) is 12.7. The number of hydrogen-bond donors (Lipinski definition) is 0. The summed E-state index contributed by atoms with van der Waals surface area (Å²) in [5.74, 6) is 1.83. The average molecular weight is 274 g/mol. The molecule has 1 heterocycles. The van der Waals surface area contributed by atoms with Gasteiger partial charge in [0.05, 0.1) is 12.7 Å². The topological polar surface area (TPSA) is 29.5 Å². The summed E-state index contributed by atoms with van der Waals surface area (Å²) in [6.07, 6.45) is 2.40. The lowest BCUT2D eigenvalue weighted by atomic mass is 9.89. The second-order valence-corrected chi connectivity index (χ2v) is 5.87. The van der Waals surface area contributed by atoms with E-state index in [9.17, 15) is 4.79 Å². The Bertz CT molecular complexity index is 431. The third-order valence-electron chi connectivity index (χ3n) is 3.93. The number of methoxy groups -OCH3 is 1. The second kappa shape index (κ2) is 6.89. The molecule has 1 saturated heterocycles. The van der Waals surface area contributed by atoms with Crippen molar-refractivity contribution in [2.45, 2.75) is 32.6 Å². The minimum atomic E-state index is -0.264. The fraction of sp³-hybridized carbons (Fsp3) is 0.529. The van der Waals surface area contributed by atoms with Crippen molar-refractivity contribution in [2.24, 2.45) is 0 Å². The Hall–Kier alpha value is -1.35. The highest BCUT2D eigenvalue weighted by molar-refractivity contribution is 5.89. The van der Waals surface area contributed by atoms with Crippen molar-refractivity contribution in [2.75, 3.05) is 26.7 Å².